The molecule has 5 rings (SSSR count). The lowest BCUT2D eigenvalue weighted by Gasteiger charge is -2.09. The van der Waals surface area contributed by atoms with Crippen LogP contribution in [0.5, 0.6) is 11.5 Å². The van der Waals surface area contributed by atoms with Crippen LogP contribution in [0.4, 0.5) is 0 Å². The van der Waals surface area contributed by atoms with Crippen LogP contribution in [0.1, 0.15) is 38.7 Å². The Kier molecular flexibility index (Phi) is 4.75. The molecule has 1 aliphatic carbocycles. The van der Waals surface area contributed by atoms with Crippen LogP contribution in [0.2, 0.25) is 0 Å². The minimum Gasteiger partial charge on any atom is -0.508 e. The maximum absolute atomic E-state index is 13.5. The van der Waals surface area contributed by atoms with Gasteiger partial charge in [0.25, 0.3) is 0 Å². The summed E-state index contributed by atoms with van der Waals surface area (Å²) in [6.07, 6.45) is 0.652. The predicted octanol–water partition coefficient (Wildman–Crippen LogP) is 5.71. The number of carboxylic acid groups (broad SMARTS) is 1. The van der Waals surface area contributed by atoms with Gasteiger partial charge in [-0.1, -0.05) is 24.3 Å². The number of phenolic OH excluding ortho intramolecular Hbond substituents is 2. The summed E-state index contributed by atoms with van der Waals surface area (Å²) in [6.45, 7) is 1.79. The Morgan fingerprint density at radius 1 is 0.938 bits per heavy atom. The van der Waals surface area contributed by atoms with Crippen molar-refractivity contribution in [1.29, 1.82) is 0 Å². The molecule has 3 aromatic carbocycles. The van der Waals surface area contributed by atoms with E-state index in [-0.39, 0.29) is 29.1 Å². The molecule has 0 radical (unpaired) electrons. The van der Waals surface area contributed by atoms with Crippen molar-refractivity contribution < 1.29 is 24.9 Å². The number of carboxylic acids is 1. The molecule has 6 heteroatoms. The number of hydrogen-bond acceptors (Lipinski definition) is 5. The Bertz CT molecular complexity index is 1380. The first kappa shape index (κ1) is 20.3. The largest absolute Gasteiger partial charge is 0.508 e. The van der Waals surface area contributed by atoms with Gasteiger partial charge in [0, 0.05) is 21.2 Å². The number of aliphatic carboxylic acids is 1. The minimum absolute atomic E-state index is 0.0402. The number of carbonyl (C=O) groups excluding carboxylic acids is 1. The molecular formula is C26H20O5S. The summed E-state index contributed by atoms with van der Waals surface area (Å²) in [5, 5.41) is 29.7. The average molecular weight is 445 g/mol. The molecule has 0 amide bonds. The molecule has 0 bridgehead atoms. The lowest BCUT2D eigenvalue weighted by atomic mass is 9.95. The van der Waals surface area contributed by atoms with E-state index in [9.17, 15) is 24.9 Å². The van der Waals surface area contributed by atoms with E-state index in [0.717, 1.165) is 26.8 Å². The van der Waals surface area contributed by atoms with Crippen LogP contribution >= 0.6 is 11.3 Å². The van der Waals surface area contributed by atoms with Gasteiger partial charge in [-0.15, -0.1) is 11.3 Å². The zero-order valence-electron chi connectivity index (χ0n) is 17.2. The summed E-state index contributed by atoms with van der Waals surface area (Å²) >= 11 is 1.33. The number of phenols is 2. The molecule has 0 aliphatic heterocycles. The average Bonchev–Trinajstić information content (AvgIpc) is 3.48. The van der Waals surface area contributed by atoms with Crippen molar-refractivity contribution in [3.8, 4) is 22.6 Å². The molecule has 4 aromatic rings. The molecule has 2 unspecified atom stereocenters. The first-order chi connectivity index (χ1) is 15.3. The molecule has 3 N–H and O–H groups in total. The Morgan fingerprint density at radius 2 is 1.62 bits per heavy atom. The molecule has 160 valence electrons. The zero-order chi connectivity index (χ0) is 22.6. The summed E-state index contributed by atoms with van der Waals surface area (Å²) in [6, 6.07) is 17.5. The molecule has 0 spiro atoms. The third kappa shape index (κ3) is 3.42. The number of thiophene rings is 1. The van der Waals surface area contributed by atoms with E-state index in [1.165, 1.54) is 17.4 Å². The number of ketones is 1. The highest BCUT2D eigenvalue weighted by Crippen LogP contribution is 2.48. The van der Waals surface area contributed by atoms with E-state index in [0.29, 0.717) is 22.4 Å². The fourth-order valence-electron chi connectivity index (χ4n) is 4.29. The fraction of sp³-hybridized carbons (Fsp3) is 0.154. The monoisotopic (exact) mass is 444 g/mol. The van der Waals surface area contributed by atoms with Gasteiger partial charge >= 0.3 is 5.97 Å². The Hall–Kier alpha value is -3.64. The normalized spacial score (nSPS) is 17.4. The van der Waals surface area contributed by atoms with Gasteiger partial charge in [-0.25, -0.2) is 0 Å². The summed E-state index contributed by atoms with van der Waals surface area (Å²) in [4.78, 5) is 25.3. The standard InChI is InChI=1S/C26H20O5S/c1-13-10-16(27)6-8-18(13)24(29)25-23(19-9-7-17(28)11-22(19)32-25)15-4-2-14(3-5-15)20-12-21(20)26(30)31/h2-11,20-21,27-28H,12H2,1H3,(H,30,31). The van der Waals surface area contributed by atoms with Gasteiger partial charge in [-0.2, -0.15) is 0 Å². The fourth-order valence-corrected chi connectivity index (χ4v) is 5.50. The highest BCUT2D eigenvalue weighted by atomic mass is 32.1. The molecule has 2 atom stereocenters. The van der Waals surface area contributed by atoms with E-state index in [1.54, 1.807) is 31.2 Å². The van der Waals surface area contributed by atoms with E-state index >= 15 is 0 Å². The van der Waals surface area contributed by atoms with Crippen molar-refractivity contribution in [1.82, 2.24) is 0 Å². The number of rotatable bonds is 5. The molecule has 1 saturated carbocycles. The van der Waals surface area contributed by atoms with Crippen molar-refractivity contribution in [2.24, 2.45) is 5.92 Å². The SMILES string of the molecule is Cc1cc(O)ccc1C(=O)c1sc2cc(O)ccc2c1-c1ccc(C2CC2C(=O)O)cc1. The van der Waals surface area contributed by atoms with Gasteiger partial charge in [-0.05, 0) is 72.4 Å². The summed E-state index contributed by atoms with van der Waals surface area (Å²) < 4.78 is 0.803. The second-order valence-electron chi connectivity index (χ2n) is 8.22. The number of carbonyl (C=O) groups is 2. The number of aryl methyl sites for hydroxylation is 1. The Labute approximate surface area is 188 Å². The van der Waals surface area contributed by atoms with Gasteiger partial charge in [0.1, 0.15) is 11.5 Å². The van der Waals surface area contributed by atoms with Crippen LogP contribution in [0.25, 0.3) is 21.2 Å². The van der Waals surface area contributed by atoms with Crippen molar-refractivity contribution >= 4 is 33.2 Å². The maximum atomic E-state index is 13.5. The van der Waals surface area contributed by atoms with Gasteiger partial charge in [0.05, 0.1) is 10.8 Å². The van der Waals surface area contributed by atoms with Gasteiger partial charge in [0.2, 0.25) is 5.78 Å². The first-order valence-electron chi connectivity index (χ1n) is 10.3. The molecule has 1 aliphatic rings. The van der Waals surface area contributed by atoms with Gasteiger partial charge in [0.15, 0.2) is 0 Å². The first-order valence-corrected chi connectivity index (χ1v) is 11.1. The smallest absolute Gasteiger partial charge is 0.307 e. The van der Waals surface area contributed by atoms with Crippen LogP contribution in [0, 0.1) is 12.8 Å². The lowest BCUT2D eigenvalue weighted by molar-refractivity contribution is -0.138. The van der Waals surface area contributed by atoms with Crippen molar-refractivity contribution in [2.75, 3.05) is 0 Å². The Morgan fingerprint density at radius 3 is 2.28 bits per heavy atom. The molecule has 0 saturated heterocycles. The minimum atomic E-state index is -0.764. The highest BCUT2D eigenvalue weighted by molar-refractivity contribution is 7.21. The van der Waals surface area contributed by atoms with Gasteiger partial charge in [-0.3, -0.25) is 9.59 Å². The molecular weight excluding hydrogens is 424 g/mol. The number of aromatic hydroxyl groups is 2. The second-order valence-corrected chi connectivity index (χ2v) is 9.28. The van der Waals surface area contributed by atoms with E-state index in [1.807, 2.05) is 30.3 Å². The van der Waals surface area contributed by atoms with E-state index in [2.05, 4.69) is 0 Å². The third-order valence-corrected chi connectivity index (χ3v) is 7.22. The number of benzene rings is 3. The van der Waals surface area contributed by atoms with E-state index in [4.69, 9.17) is 0 Å². The van der Waals surface area contributed by atoms with Gasteiger partial charge < -0.3 is 15.3 Å². The molecule has 5 nitrogen and oxygen atoms in total. The van der Waals surface area contributed by atoms with Crippen LogP contribution in [-0.4, -0.2) is 27.1 Å². The topological polar surface area (TPSA) is 94.8 Å². The Balaban J connectivity index is 1.62. The molecule has 1 fully saturated rings. The van der Waals surface area contributed by atoms with Crippen LogP contribution in [0.3, 0.4) is 0 Å². The lowest BCUT2D eigenvalue weighted by Crippen LogP contribution is -2.03. The predicted molar refractivity (Wildman–Crippen MR) is 124 cm³/mol. The van der Waals surface area contributed by atoms with Crippen molar-refractivity contribution in [3.63, 3.8) is 0 Å². The van der Waals surface area contributed by atoms with E-state index < -0.39 is 5.97 Å². The van der Waals surface area contributed by atoms with Crippen molar-refractivity contribution in [2.45, 2.75) is 19.3 Å². The van der Waals surface area contributed by atoms with Crippen LogP contribution in [0.15, 0.2) is 60.7 Å². The van der Waals surface area contributed by atoms with Crippen LogP contribution in [-0.2, 0) is 4.79 Å². The number of hydrogen-bond donors (Lipinski definition) is 3. The number of fused-ring (bicyclic) bond motifs is 1. The van der Waals surface area contributed by atoms with Crippen LogP contribution < -0.4 is 0 Å². The van der Waals surface area contributed by atoms with Crippen molar-refractivity contribution in [3.05, 3.63) is 82.2 Å². The quantitative estimate of drug-likeness (QED) is 0.343. The second kappa shape index (κ2) is 7.50. The summed E-state index contributed by atoms with van der Waals surface area (Å²) in [7, 11) is 0. The molecule has 1 heterocycles. The summed E-state index contributed by atoms with van der Waals surface area (Å²) in [5.74, 6) is -0.945. The third-order valence-electron chi connectivity index (χ3n) is 6.07. The molecule has 32 heavy (non-hydrogen) atoms. The highest BCUT2D eigenvalue weighted by Gasteiger charge is 2.44. The zero-order valence-corrected chi connectivity index (χ0v) is 18.0. The summed E-state index contributed by atoms with van der Waals surface area (Å²) in [5.41, 5.74) is 3.84. The molecule has 1 aromatic heterocycles. The maximum Gasteiger partial charge on any atom is 0.307 e.